The lowest BCUT2D eigenvalue weighted by Gasteiger charge is -2.16. The zero-order chi connectivity index (χ0) is 19.8. The van der Waals surface area contributed by atoms with Gasteiger partial charge in [-0.1, -0.05) is 32.0 Å². The van der Waals surface area contributed by atoms with Crippen LogP contribution in [-0.4, -0.2) is 53.7 Å². The molecule has 0 saturated heterocycles. The average molecular weight is 371 g/mol. The van der Waals surface area contributed by atoms with E-state index >= 15 is 0 Å². The minimum atomic E-state index is 0.00135. The lowest BCUT2D eigenvalue weighted by Crippen LogP contribution is -2.44. The predicted molar refractivity (Wildman–Crippen MR) is 109 cm³/mol. The van der Waals surface area contributed by atoms with Gasteiger partial charge in [0.25, 0.3) is 0 Å². The molecule has 7 nitrogen and oxygen atoms in total. The molecule has 1 aromatic heterocycles. The molecule has 0 aliphatic heterocycles. The molecule has 27 heavy (non-hydrogen) atoms. The highest BCUT2D eigenvalue weighted by Crippen LogP contribution is 2.15. The first-order chi connectivity index (χ1) is 12.9. The number of nitrogens with one attached hydrogen (secondary N) is 2. The highest BCUT2D eigenvalue weighted by atomic mass is 16.2. The van der Waals surface area contributed by atoms with Crippen molar-refractivity contribution in [1.82, 2.24) is 25.3 Å². The Kier molecular flexibility index (Phi) is 7.40. The average Bonchev–Trinajstić information content (AvgIpc) is 3.07. The normalized spacial score (nSPS) is 11.6. The minimum absolute atomic E-state index is 0.00135. The van der Waals surface area contributed by atoms with Crippen LogP contribution >= 0.6 is 0 Å². The SMILES string of the molecule is Cc1ccn(-c2ccccc2CN=C(NCC(=O)N(C)C)NCC(C)C)n1. The molecule has 2 aromatic rings. The molecule has 0 atom stereocenters. The second-order valence-corrected chi connectivity index (χ2v) is 7.11. The predicted octanol–water partition coefficient (Wildman–Crippen LogP) is 1.96. The third-order valence-corrected chi connectivity index (χ3v) is 3.95. The van der Waals surface area contributed by atoms with E-state index in [1.807, 2.05) is 48.1 Å². The molecule has 2 N–H and O–H groups in total. The van der Waals surface area contributed by atoms with Gasteiger partial charge in [0.1, 0.15) is 0 Å². The maximum absolute atomic E-state index is 11.9. The Morgan fingerprint density at radius 3 is 2.59 bits per heavy atom. The van der Waals surface area contributed by atoms with Crippen LogP contribution in [0.4, 0.5) is 0 Å². The lowest BCUT2D eigenvalue weighted by atomic mass is 10.2. The van der Waals surface area contributed by atoms with E-state index < -0.39 is 0 Å². The molecule has 0 saturated carbocycles. The van der Waals surface area contributed by atoms with Gasteiger partial charge in [-0.15, -0.1) is 0 Å². The molecule has 1 aromatic carbocycles. The van der Waals surface area contributed by atoms with Gasteiger partial charge in [-0.25, -0.2) is 9.67 Å². The highest BCUT2D eigenvalue weighted by molar-refractivity contribution is 5.86. The first-order valence-corrected chi connectivity index (χ1v) is 9.19. The Bertz CT molecular complexity index is 778. The first-order valence-electron chi connectivity index (χ1n) is 9.19. The summed E-state index contributed by atoms with van der Waals surface area (Å²) in [5.74, 6) is 1.10. The van der Waals surface area contributed by atoms with E-state index in [2.05, 4.69) is 34.6 Å². The van der Waals surface area contributed by atoms with Crippen LogP contribution in [0.3, 0.4) is 0 Å². The fourth-order valence-electron chi connectivity index (χ4n) is 2.37. The summed E-state index contributed by atoms with van der Waals surface area (Å²) in [6.07, 6.45) is 1.95. The van der Waals surface area contributed by atoms with Gasteiger partial charge in [0, 0.05) is 26.8 Å². The van der Waals surface area contributed by atoms with Crippen molar-refractivity contribution in [2.45, 2.75) is 27.3 Å². The Morgan fingerprint density at radius 1 is 1.22 bits per heavy atom. The molecule has 0 radical (unpaired) electrons. The van der Waals surface area contributed by atoms with E-state index in [4.69, 9.17) is 0 Å². The summed E-state index contributed by atoms with van der Waals surface area (Å²) in [4.78, 5) is 18.1. The van der Waals surface area contributed by atoms with Crippen LogP contribution in [0.15, 0.2) is 41.5 Å². The molecule has 0 aliphatic rings. The molecule has 1 amide bonds. The molecule has 146 valence electrons. The summed E-state index contributed by atoms with van der Waals surface area (Å²) in [5, 5.41) is 10.9. The van der Waals surface area contributed by atoms with E-state index in [0.29, 0.717) is 18.4 Å². The number of para-hydroxylation sites is 1. The van der Waals surface area contributed by atoms with Crippen LogP contribution in [0.2, 0.25) is 0 Å². The molecule has 0 unspecified atom stereocenters. The molecule has 0 aliphatic carbocycles. The van der Waals surface area contributed by atoms with E-state index in [1.165, 1.54) is 0 Å². The fraction of sp³-hybridized carbons (Fsp3) is 0.450. The highest BCUT2D eigenvalue weighted by Gasteiger charge is 2.08. The van der Waals surface area contributed by atoms with E-state index in [-0.39, 0.29) is 12.5 Å². The number of rotatable bonds is 7. The van der Waals surface area contributed by atoms with Gasteiger partial charge in [0.15, 0.2) is 5.96 Å². The van der Waals surface area contributed by atoms with Crippen LogP contribution in [0, 0.1) is 12.8 Å². The minimum Gasteiger partial charge on any atom is -0.356 e. The third kappa shape index (κ3) is 6.44. The van der Waals surface area contributed by atoms with Gasteiger partial charge >= 0.3 is 0 Å². The van der Waals surface area contributed by atoms with Crippen LogP contribution < -0.4 is 10.6 Å². The maximum Gasteiger partial charge on any atom is 0.241 e. The summed E-state index contributed by atoms with van der Waals surface area (Å²) < 4.78 is 1.87. The number of hydrogen-bond donors (Lipinski definition) is 2. The number of benzene rings is 1. The van der Waals surface area contributed by atoms with Crippen LogP contribution in [0.5, 0.6) is 0 Å². The number of amides is 1. The second kappa shape index (κ2) is 9.75. The Labute approximate surface area is 161 Å². The third-order valence-electron chi connectivity index (χ3n) is 3.95. The topological polar surface area (TPSA) is 74.6 Å². The summed E-state index contributed by atoms with van der Waals surface area (Å²) in [6.45, 7) is 7.70. The summed E-state index contributed by atoms with van der Waals surface area (Å²) in [6, 6.07) is 10.0. The van der Waals surface area contributed by atoms with Crippen molar-refractivity contribution >= 4 is 11.9 Å². The number of hydrogen-bond acceptors (Lipinski definition) is 3. The number of carbonyl (C=O) groups excluding carboxylic acids is 1. The zero-order valence-electron chi connectivity index (χ0n) is 16.9. The monoisotopic (exact) mass is 370 g/mol. The van der Waals surface area contributed by atoms with Crippen molar-refractivity contribution in [2.24, 2.45) is 10.9 Å². The number of guanidine groups is 1. The standard InChI is InChI=1S/C20H30N6O/c1-15(2)12-21-20(23-14-19(27)25(4)5)22-13-17-8-6-7-9-18(17)26-11-10-16(3)24-26/h6-11,15H,12-14H2,1-5H3,(H2,21,22,23). The Morgan fingerprint density at radius 2 is 1.96 bits per heavy atom. The summed E-state index contributed by atoms with van der Waals surface area (Å²) in [5.41, 5.74) is 3.03. The van der Waals surface area contributed by atoms with Gasteiger partial charge in [-0.05, 0) is 30.5 Å². The zero-order valence-corrected chi connectivity index (χ0v) is 16.9. The van der Waals surface area contributed by atoms with Gasteiger partial charge in [0.05, 0.1) is 24.5 Å². The largest absolute Gasteiger partial charge is 0.356 e. The van der Waals surface area contributed by atoms with Crippen LogP contribution in [0.1, 0.15) is 25.1 Å². The molecule has 0 spiro atoms. The molecule has 7 heteroatoms. The molecular weight excluding hydrogens is 340 g/mol. The number of aromatic nitrogens is 2. The van der Waals surface area contributed by atoms with E-state index in [9.17, 15) is 4.79 Å². The van der Waals surface area contributed by atoms with Crippen molar-refractivity contribution in [3.05, 3.63) is 47.8 Å². The molecule has 2 rings (SSSR count). The summed E-state index contributed by atoms with van der Waals surface area (Å²) >= 11 is 0. The van der Waals surface area contributed by atoms with E-state index in [0.717, 1.165) is 23.5 Å². The number of aliphatic imine (C=N–C) groups is 1. The number of aryl methyl sites for hydroxylation is 1. The van der Waals surface area contributed by atoms with Gasteiger partial charge in [-0.3, -0.25) is 4.79 Å². The summed E-state index contributed by atoms with van der Waals surface area (Å²) in [7, 11) is 3.48. The van der Waals surface area contributed by atoms with Crippen LogP contribution in [-0.2, 0) is 11.3 Å². The van der Waals surface area contributed by atoms with E-state index in [1.54, 1.807) is 19.0 Å². The maximum atomic E-state index is 11.9. The van der Waals surface area contributed by atoms with Crippen LogP contribution in [0.25, 0.3) is 5.69 Å². The van der Waals surface area contributed by atoms with Crippen molar-refractivity contribution in [2.75, 3.05) is 27.2 Å². The quantitative estimate of drug-likeness (QED) is 0.577. The number of carbonyl (C=O) groups is 1. The number of nitrogens with zero attached hydrogens (tertiary/aromatic N) is 4. The Hall–Kier alpha value is -2.83. The van der Waals surface area contributed by atoms with Crippen molar-refractivity contribution < 1.29 is 4.79 Å². The first kappa shape index (κ1) is 20.5. The smallest absolute Gasteiger partial charge is 0.241 e. The van der Waals surface area contributed by atoms with Crippen molar-refractivity contribution in [3.63, 3.8) is 0 Å². The van der Waals surface area contributed by atoms with Gasteiger partial charge in [-0.2, -0.15) is 5.10 Å². The van der Waals surface area contributed by atoms with Crippen molar-refractivity contribution in [3.8, 4) is 5.69 Å². The Balaban J connectivity index is 2.15. The molecule has 1 heterocycles. The molecule has 0 fully saturated rings. The molecular formula is C20H30N6O. The van der Waals surface area contributed by atoms with Gasteiger partial charge in [0.2, 0.25) is 5.91 Å². The molecule has 0 bridgehead atoms. The fourth-order valence-corrected chi connectivity index (χ4v) is 2.37. The second-order valence-electron chi connectivity index (χ2n) is 7.11. The van der Waals surface area contributed by atoms with Gasteiger partial charge < -0.3 is 15.5 Å². The van der Waals surface area contributed by atoms with Crippen molar-refractivity contribution in [1.29, 1.82) is 0 Å². The number of likely N-dealkylation sites (N-methyl/N-ethyl adjacent to an activating group) is 1. The lowest BCUT2D eigenvalue weighted by molar-refractivity contribution is -0.127.